The van der Waals surface area contributed by atoms with Crippen molar-refractivity contribution in [3.63, 3.8) is 0 Å². The fourth-order valence-corrected chi connectivity index (χ4v) is 1.49. The van der Waals surface area contributed by atoms with E-state index in [9.17, 15) is 0 Å². The fraction of sp³-hybridized carbons (Fsp3) is 1.00. The summed E-state index contributed by atoms with van der Waals surface area (Å²) in [4.78, 5) is 2.55. The van der Waals surface area contributed by atoms with E-state index in [0.717, 1.165) is 6.54 Å². The lowest BCUT2D eigenvalue weighted by molar-refractivity contribution is 0.256. The summed E-state index contributed by atoms with van der Waals surface area (Å²) in [6.07, 6.45) is 3.77. The maximum atomic E-state index is 5.59. The molecule has 0 aromatic carbocycles. The van der Waals surface area contributed by atoms with Crippen LogP contribution in [0.15, 0.2) is 0 Å². The zero-order chi connectivity index (χ0) is 10.1. The molecule has 0 aromatic rings. The molecule has 1 unspecified atom stereocenters. The van der Waals surface area contributed by atoms with Gasteiger partial charge in [-0.3, -0.25) is 0 Å². The Kier molecular flexibility index (Phi) is 8.46. The zero-order valence-electron chi connectivity index (χ0n) is 9.55. The summed E-state index contributed by atoms with van der Waals surface area (Å²) in [5.41, 5.74) is 5.59. The van der Waals surface area contributed by atoms with Crippen LogP contribution in [0.5, 0.6) is 0 Å². The number of hydrogen-bond donors (Lipinski definition) is 1. The SMILES string of the molecule is CCCN(CCC)CCC(C)CN. The Morgan fingerprint density at radius 3 is 2.00 bits per heavy atom. The van der Waals surface area contributed by atoms with Gasteiger partial charge < -0.3 is 10.6 Å². The molecule has 0 aliphatic carbocycles. The van der Waals surface area contributed by atoms with Crippen LogP contribution in [0.4, 0.5) is 0 Å². The zero-order valence-corrected chi connectivity index (χ0v) is 9.55. The van der Waals surface area contributed by atoms with Crippen molar-refractivity contribution in [1.29, 1.82) is 0 Å². The van der Waals surface area contributed by atoms with Crippen LogP contribution in [-0.2, 0) is 0 Å². The van der Waals surface area contributed by atoms with Gasteiger partial charge in [-0.2, -0.15) is 0 Å². The van der Waals surface area contributed by atoms with Gasteiger partial charge in [0, 0.05) is 0 Å². The van der Waals surface area contributed by atoms with Crippen molar-refractivity contribution in [2.45, 2.75) is 40.0 Å². The Morgan fingerprint density at radius 1 is 1.08 bits per heavy atom. The van der Waals surface area contributed by atoms with E-state index in [1.165, 1.54) is 38.9 Å². The standard InChI is InChI=1S/C11H26N2/c1-4-7-13(8-5-2)9-6-11(3)10-12/h11H,4-10,12H2,1-3H3. The van der Waals surface area contributed by atoms with Gasteiger partial charge in [0.1, 0.15) is 0 Å². The molecule has 0 aliphatic rings. The normalized spacial score (nSPS) is 13.6. The number of hydrogen-bond acceptors (Lipinski definition) is 2. The molecular formula is C11H26N2. The van der Waals surface area contributed by atoms with Crippen LogP contribution in [0.2, 0.25) is 0 Å². The lowest BCUT2D eigenvalue weighted by atomic mass is 10.1. The molecular weight excluding hydrogens is 160 g/mol. The average molecular weight is 186 g/mol. The predicted molar refractivity (Wildman–Crippen MR) is 59.9 cm³/mol. The van der Waals surface area contributed by atoms with Gasteiger partial charge >= 0.3 is 0 Å². The summed E-state index contributed by atoms with van der Waals surface area (Å²) in [7, 11) is 0. The number of nitrogens with zero attached hydrogens (tertiary/aromatic N) is 1. The fourth-order valence-electron chi connectivity index (χ4n) is 1.49. The van der Waals surface area contributed by atoms with Gasteiger partial charge in [-0.05, 0) is 51.4 Å². The van der Waals surface area contributed by atoms with Crippen LogP contribution >= 0.6 is 0 Å². The maximum absolute atomic E-state index is 5.59. The molecule has 0 bridgehead atoms. The molecule has 13 heavy (non-hydrogen) atoms. The van der Waals surface area contributed by atoms with E-state index in [1.807, 2.05) is 0 Å². The van der Waals surface area contributed by atoms with E-state index in [0.29, 0.717) is 5.92 Å². The molecule has 2 N–H and O–H groups in total. The van der Waals surface area contributed by atoms with Crippen molar-refractivity contribution in [3.05, 3.63) is 0 Å². The van der Waals surface area contributed by atoms with E-state index < -0.39 is 0 Å². The van der Waals surface area contributed by atoms with Gasteiger partial charge in [0.15, 0.2) is 0 Å². The second kappa shape index (κ2) is 8.52. The first kappa shape index (κ1) is 12.9. The Hall–Kier alpha value is -0.0800. The molecule has 0 amide bonds. The van der Waals surface area contributed by atoms with Crippen LogP contribution in [0.3, 0.4) is 0 Å². The minimum atomic E-state index is 0.677. The van der Waals surface area contributed by atoms with Crippen molar-refractivity contribution in [2.24, 2.45) is 11.7 Å². The van der Waals surface area contributed by atoms with Gasteiger partial charge in [-0.1, -0.05) is 20.8 Å². The van der Waals surface area contributed by atoms with Crippen LogP contribution in [0.1, 0.15) is 40.0 Å². The molecule has 0 spiro atoms. The quantitative estimate of drug-likeness (QED) is 0.629. The number of nitrogens with two attached hydrogens (primary N) is 1. The van der Waals surface area contributed by atoms with Gasteiger partial charge in [-0.25, -0.2) is 0 Å². The van der Waals surface area contributed by atoms with Crippen LogP contribution in [-0.4, -0.2) is 31.1 Å². The lowest BCUT2D eigenvalue weighted by Gasteiger charge is -2.22. The van der Waals surface area contributed by atoms with Gasteiger partial charge in [0.2, 0.25) is 0 Å². The minimum absolute atomic E-state index is 0.677. The highest BCUT2D eigenvalue weighted by Crippen LogP contribution is 2.03. The third-order valence-corrected chi connectivity index (χ3v) is 2.42. The van der Waals surface area contributed by atoms with Crippen molar-refractivity contribution in [1.82, 2.24) is 4.90 Å². The molecule has 0 saturated carbocycles. The molecule has 0 rings (SSSR count). The summed E-state index contributed by atoms with van der Waals surface area (Å²) < 4.78 is 0. The van der Waals surface area contributed by atoms with E-state index in [-0.39, 0.29) is 0 Å². The Bertz CT molecular complexity index is 98.3. The predicted octanol–water partition coefficient (Wildman–Crippen LogP) is 2.09. The molecule has 0 radical (unpaired) electrons. The van der Waals surface area contributed by atoms with E-state index in [1.54, 1.807) is 0 Å². The van der Waals surface area contributed by atoms with Gasteiger partial charge in [0.25, 0.3) is 0 Å². The second-order valence-corrected chi connectivity index (χ2v) is 3.97. The topological polar surface area (TPSA) is 29.3 Å². The second-order valence-electron chi connectivity index (χ2n) is 3.97. The molecule has 2 heteroatoms. The molecule has 80 valence electrons. The number of rotatable bonds is 8. The maximum Gasteiger partial charge on any atom is -0.00157 e. The smallest absolute Gasteiger partial charge is 0.00157 e. The highest BCUT2D eigenvalue weighted by atomic mass is 15.1. The highest BCUT2D eigenvalue weighted by molar-refractivity contribution is 4.60. The summed E-state index contributed by atoms with van der Waals surface area (Å²) >= 11 is 0. The first-order valence-corrected chi connectivity index (χ1v) is 5.66. The molecule has 1 atom stereocenters. The summed E-state index contributed by atoms with van der Waals surface area (Å²) in [6, 6.07) is 0. The third kappa shape index (κ3) is 7.03. The Morgan fingerprint density at radius 2 is 1.62 bits per heavy atom. The van der Waals surface area contributed by atoms with Crippen molar-refractivity contribution in [2.75, 3.05) is 26.2 Å². The largest absolute Gasteiger partial charge is 0.330 e. The molecule has 0 aromatic heterocycles. The molecule has 0 heterocycles. The Balaban J connectivity index is 3.55. The minimum Gasteiger partial charge on any atom is -0.330 e. The average Bonchev–Trinajstić information content (AvgIpc) is 2.14. The van der Waals surface area contributed by atoms with E-state index in [2.05, 4.69) is 25.7 Å². The van der Waals surface area contributed by atoms with E-state index >= 15 is 0 Å². The summed E-state index contributed by atoms with van der Waals surface area (Å²) in [5.74, 6) is 0.677. The monoisotopic (exact) mass is 186 g/mol. The van der Waals surface area contributed by atoms with Crippen LogP contribution in [0.25, 0.3) is 0 Å². The van der Waals surface area contributed by atoms with Crippen molar-refractivity contribution in [3.8, 4) is 0 Å². The molecule has 2 nitrogen and oxygen atoms in total. The van der Waals surface area contributed by atoms with Crippen LogP contribution in [0, 0.1) is 5.92 Å². The van der Waals surface area contributed by atoms with Gasteiger partial charge in [-0.15, -0.1) is 0 Å². The Labute approximate surface area is 83.5 Å². The molecule has 0 saturated heterocycles. The summed E-state index contributed by atoms with van der Waals surface area (Å²) in [6.45, 7) is 11.3. The first-order chi connectivity index (χ1) is 6.24. The summed E-state index contributed by atoms with van der Waals surface area (Å²) in [5, 5.41) is 0. The van der Waals surface area contributed by atoms with E-state index in [4.69, 9.17) is 5.73 Å². The highest BCUT2D eigenvalue weighted by Gasteiger charge is 2.04. The lowest BCUT2D eigenvalue weighted by Crippen LogP contribution is -2.28. The first-order valence-electron chi connectivity index (χ1n) is 5.66. The molecule has 0 aliphatic heterocycles. The van der Waals surface area contributed by atoms with Gasteiger partial charge in [0.05, 0.1) is 0 Å². The van der Waals surface area contributed by atoms with Crippen molar-refractivity contribution >= 4 is 0 Å². The van der Waals surface area contributed by atoms with Crippen molar-refractivity contribution < 1.29 is 0 Å². The van der Waals surface area contributed by atoms with Crippen LogP contribution < -0.4 is 5.73 Å². The molecule has 0 fully saturated rings. The third-order valence-electron chi connectivity index (χ3n) is 2.42.